The molecule has 2 rings (SSSR count). The number of aryl methyl sites for hydroxylation is 1. The summed E-state index contributed by atoms with van der Waals surface area (Å²) < 4.78 is 2.62. The van der Waals surface area contributed by atoms with Gasteiger partial charge in [-0.15, -0.1) is 0 Å². The minimum atomic E-state index is 0.222. The van der Waals surface area contributed by atoms with Crippen LogP contribution in [-0.4, -0.2) is 14.9 Å². The second-order valence-corrected chi connectivity index (χ2v) is 4.76. The Morgan fingerprint density at radius 1 is 1.25 bits per heavy atom. The number of phenolic OH excluding ortho intramolecular Hbond substituents is 1. The van der Waals surface area contributed by atoms with E-state index in [2.05, 4.69) is 21.0 Å². The van der Waals surface area contributed by atoms with Crippen LogP contribution in [0.3, 0.4) is 0 Å². The average Bonchev–Trinajstić information content (AvgIpc) is 2.46. The van der Waals surface area contributed by atoms with E-state index < -0.39 is 0 Å². The monoisotopic (exact) mass is 280 g/mol. The molecule has 0 amide bonds. The third kappa shape index (κ3) is 1.73. The first-order chi connectivity index (χ1) is 7.50. The van der Waals surface area contributed by atoms with Gasteiger partial charge in [-0.2, -0.15) is 5.10 Å². The Morgan fingerprint density at radius 3 is 2.44 bits per heavy atom. The molecule has 0 spiro atoms. The van der Waals surface area contributed by atoms with E-state index in [1.807, 2.05) is 32.9 Å². The van der Waals surface area contributed by atoms with E-state index in [4.69, 9.17) is 0 Å². The Morgan fingerprint density at radius 2 is 1.94 bits per heavy atom. The summed E-state index contributed by atoms with van der Waals surface area (Å²) in [5.41, 5.74) is 3.90. The number of nitrogens with zero attached hydrogens (tertiary/aromatic N) is 2. The largest absolute Gasteiger partial charge is 0.506 e. The molecule has 0 aliphatic carbocycles. The minimum Gasteiger partial charge on any atom is -0.506 e. The molecule has 1 heterocycles. The molecule has 1 N–H and O–H groups in total. The molecule has 0 bridgehead atoms. The standard InChI is InChI=1S/C12H13BrN2O/c1-7-8(2)14-15(9(7)3)11-5-4-10(13)6-12(11)16/h4-6,16H,1-3H3. The second-order valence-electron chi connectivity index (χ2n) is 3.84. The highest BCUT2D eigenvalue weighted by Crippen LogP contribution is 2.27. The van der Waals surface area contributed by atoms with Gasteiger partial charge in [-0.3, -0.25) is 0 Å². The summed E-state index contributed by atoms with van der Waals surface area (Å²) in [7, 11) is 0. The van der Waals surface area contributed by atoms with Gasteiger partial charge in [-0.1, -0.05) is 15.9 Å². The molecular weight excluding hydrogens is 268 g/mol. The fraction of sp³-hybridized carbons (Fsp3) is 0.250. The Hall–Kier alpha value is -1.29. The Balaban J connectivity index is 2.63. The van der Waals surface area contributed by atoms with Crippen molar-refractivity contribution in [2.24, 2.45) is 0 Å². The van der Waals surface area contributed by atoms with Crippen LogP contribution in [0.2, 0.25) is 0 Å². The summed E-state index contributed by atoms with van der Waals surface area (Å²) in [6, 6.07) is 5.40. The number of hydrogen-bond donors (Lipinski definition) is 1. The van der Waals surface area contributed by atoms with Crippen molar-refractivity contribution in [1.29, 1.82) is 0 Å². The summed E-state index contributed by atoms with van der Waals surface area (Å²) in [4.78, 5) is 0. The van der Waals surface area contributed by atoms with Gasteiger partial charge in [0.1, 0.15) is 11.4 Å². The molecule has 0 radical (unpaired) electrons. The maximum atomic E-state index is 9.88. The molecule has 0 unspecified atom stereocenters. The fourth-order valence-electron chi connectivity index (χ4n) is 1.63. The van der Waals surface area contributed by atoms with Crippen molar-refractivity contribution in [3.63, 3.8) is 0 Å². The molecule has 16 heavy (non-hydrogen) atoms. The highest BCUT2D eigenvalue weighted by molar-refractivity contribution is 9.10. The number of benzene rings is 1. The lowest BCUT2D eigenvalue weighted by Gasteiger charge is -2.07. The number of aromatic nitrogens is 2. The van der Waals surface area contributed by atoms with Crippen molar-refractivity contribution in [1.82, 2.24) is 9.78 Å². The van der Waals surface area contributed by atoms with Crippen LogP contribution in [-0.2, 0) is 0 Å². The van der Waals surface area contributed by atoms with Gasteiger partial charge in [-0.25, -0.2) is 4.68 Å². The lowest BCUT2D eigenvalue weighted by atomic mass is 10.2. The van der Waals surface area contributed by atoms with E-state index >= 15 is 0 Å². The van der Waals surface area contributed by atoms with Crippen LogP contribution in [0.1, 0.15) is 17.0 Å². The second kappa shape index (κ2) is 3.94. The van der Waals surface area contributed by atoms with Crippen LogP contribution in [0.25, 0.3) is 5.69 Å². The lowest BCUT2D eigenvalue weighted by Crippen LogP contribution is -1.99. The predicted octanol–water partition coefficient (Wildman–Crippen LogP) is 3.27. The Labute approximate surface area is 103 Å². The molecule has 0 saturated heterocycles. The van der Waals surface area contributed by atoms with E-state index in [-0.39, 0.29) is 5.75 Å². The smallest absolute Gasteiger partial charge is 0.142 e. The molecule has 1 aromatic heterocycles. The first kappa shape index (κ1) is 11.2. The molecule has 0 aliphatic rings. The topological polar surface area (TPSA) is 38.0 Å². The van der Waals surface area contributed by atoms with Crippen molar-refractivity contribution in [2.45, 2.75) is 20.8 Å². The van der Waals surface area contributed by atoms with Crippen LogP contribution >= 0.6 is 15.9 Å². The third-order valence-electron chi connectivity index (χ3n) is 2.82. The quantitative estimate of drug-likeness (QED) is 0.871. The lowest BCUT2D eigenvalue weighted by molar-refractivity contribution is 0.469. The van der Waals surface area contributed by atoms with Crippen molar-refractivity contribution >= 4 is 15.9 Å². The first-order valence-corrected chi connectivity index (χ1v) is 5.81. The number of rotatable bonds is 1. The number of hydrogen-bond acceptors (Lipinski definition) is 2. The Bertz CT molecular complexity index is 546. The summed E-state index contributed by atoms with van der Waals surface area (Å²) in [6.07, 6.45) is 0. The Kier molecular flexibility index (Phi) is 2.76. The zero-order valence-electron chi connectivity index (χ0n) is 9.45. The number of halogens is 1. The van der Waals surface area contributed by atoms with Crippen LogP contribution in [0.15, 0.2) is 22.7 Å². The number of phenols is 1. The van der Waals surface area contributed by atoms with E-state index in [1.165, 1.54) is 0 Å². The van der Waals surface area contributed by atoms with E-state index in [0.29, 0.717) is 5.69 Å². The van der Waals surface area contributed by atoms with Crippen molar-refractivity contribution in [2.75, 3.05) is 0 Å². The molecule has 4 heteroatoms. The van der Waals surface area contributed by atoms with Crippen molar-refractivity contribution in [3.8, 4) is 11.4 Å². The molecule has 0 saturated carbocycles. The SMILES string of the molecule is Cc1nn(-c2ccc(Br)cc2O)c(C)c1C. The molecule has 2 aromatic rings. The van der Waals surface area contributed by atoms with Gasteiger partial charge >= 0.3 is 0 Å². The molecule has 3 nitrogen and oxygen atoms in total. The van der Waals surface area contributed by atoms with E-state index in [9.17, 15) is 5.11 Å². The van der Waals surface area contributed by atoms with Gasteiger partial charge in [0.15, 0.2) is 0 Å². The highest BCUT2D eigenvalue weighted by Gasteiger charge is 2.11. The minimum absolute atomic E-state index is 0.222. The van der Waals surface area contributed by atoms with Crippen LogP contribution in [0, 0.1) is 20.8 Å². The molecule has 0 aliphatic heterocycles. The zero-order valence-corrected chi connectivity index (χ0v) is 11.0. The van der Waals surface area contributed by atoms with Crippen LogP contribution in [0.5, 0.6) is 5.75 Å². The van der Waals surface area contributed by atoms with Gasteiger partial charge in [0.2, 0.25) is 0 Å². The zero-order chi connectivity index (χ0) is 11.9. The normalized spacial score (nSPS) is 10.8. The van der Waals surface area contributed by atoms with Gasteiger partial charge in [0, 0.05) is 10.2 Å². The van der Waals surface area contributed by atoms with Crippen molar-refractivity contribution < 1.29 is 5.11 Å². The molecule has 0 fully saturated rings. The summed E-state index contributed by atoms with van der Waals surface area (Å²) in [6.45, 7) is 6.00. The summed E-state index contributed by atoms with van der Waals surface area (Å²) in [5, 5.41) is 14.3. The molecule has 0 atom stereocenters. The maximum absolute atomic E-state index is 9.88. The molecule has 84 valence electrons. The highest BCUT2D eigenvalue weighted by atomic mass is 79.9. The summed E-state index contributed by atoms with van der Waals surface area (Å²) in [5.74, 6) is 0.222. The maximum Gasteiger partial charge on any atom is 0.142 e. The average molecular weight is 281 g/mol. The molecular formula is C12H13BrN2O. The number of aromatic hydroxyl groups is 1. The third-order valence-corrected chi connectivity index (χ3v) is 3.31. The van der Waals surface area contributed by atoms with Gasteiger partial charge in [0.25, 0.3) is 0 Å². The molecule has 1 aromatic carbocycles. The summed E-state index contributed by atoms with van der Waals surface area (Å²) >= 11 is 3.32. The predicted molar refractivity (Wildman–Crippen MR) is 67.1 cm³/mol. The fourth-order valence-corrected chi connectivity index (χ4v) is 1.98. The van der Waals surface area contributed by atoms with Crippen LogP contribution < -0.4 is 0 Å². The van der Waals surface area contributed by atoms with Gasteiger partial charge < -0.3 is 5.11 Å². The van der Waals surface area contributed by atoms with Gasteiger partial charge in [0.05, 0.1) is 5.69 Å². The van der Waals surface area contributed by atoms with E-state index in [1.54, 1.807) is 10.7 Å². The van der Waals surface area contributed by atoms with Crippen LogP contribution in [0.4, 0.5) is 0 Å². The van der Waals surface area contributed by atoms with E-state index in [0.717, 1.165) is 21.4 Å². The van der Waals surface area contributed by atoms with Gasteiger partial charge in [-0.05, 0) is 44.5 Å². The first-order valence-electron chi connectivity index (χ1n) is 5.02. The van der Waals surface area contributed by atoms with Crippen molar-refractivity contribution in [3.05, 3.63) is 39.6 Å².